The maximum Gasteiger partial charge on any atom is 0.317 e. The van der Waals surface area contributed by atoms with Crippen molar-refractivity contribution in [1.82, 2.24) is 24.8 Å². The number of carboxylic acid groups (broad SMARTS) is 1. The summed E-state index contributed by atoms with van der Waals surface area (Å²) in [4.78, 5) is 27.9. The van der Waals surface area contributed by atoms with E-state index in [1.165, 1.54) is 0 Å². The number of piperazine rings is 1. The Balaban J connectivity index is 0.00000195. The molecule has 1 aliphatic rings. The Morgan fingerprint density at radius 3 is 2.45 bits per heavy atom. The van der Waals surface area contributed by atoms with Crippen molar-refractivity contribution in [3.63, 3.8) is 0 Å². The number of nitrogens with two attached hydrogens (primary N) is 1. The number of hydrogen-bond donors (Lipinski definition) is 4. The number of carbonyl (C=O) groups is 1. The molecule has 38 heavy (non-hydrogen) atoms. The van der Waals surface area contributed by atoms with Gasteiger partial charge in [0, 0.05) is 69.0 Å². The zero-order valence-electron chi connectivity index (χ0n) is 22.0. The van der Waals surface area contributed by atoms with E-state index in [9.17, 15) is 4.79 Å². The lowest BCUT2D eigenvalue weighted by molar-refractivity contribution is -0.138. The lowest BCUT2D eigenvalue weighted by Crippen LogP contribution is -2.47. The molecule has 204 valence electrons. The number of nitrogens with one attached hydrogen (secondary N) is 2. The van der Waals surface area contributed by atoms with Crippen molar-refractivity contribution in [1.29, 1.82) is 0 Å². The van der Waals surface area contributed by atoms with Crippen LogP contribution in [-0.4, -0.2) is 81.6 Å². The first kappa shape index (κ1) is 28.9. The van der Waals surface area contributed by atoms with Crippen LogP contribution in [-0.2, 0) is 11.3 Å². The van der Waals surface area contributed by atoms with Crippen LogP contribution in [0.25, 0.3) is 11.1 Å². The molecule has 0 spiro atoms. The third-order valence-electron chi connectivity index (χ3n) is 5.97. The summed E-state index contributed by atoms with van der Waals surface area (Å²) in [7, 11) is 0. The average molecular weight is 525 g/mol. The number of anilines is 3. The molecule has 0 bridgehead atoms. The second kappa shape index (κ2) is 14.9. The van der Waals surface area contributed by atoms with Crippen LogP contribution >= 0.6 is 0 Å². The van der Waals surface area contributed by atoms with Crippen LogP contribution in [0, 0.1) is 5.82 Å². The minimum atomic E-state index is -0.828. The summed E-state index contributed by atoms with van der Waals surface area (Å²) in [5, 5.41) is 15.2. The zero-order chi connectivity index (χ0) is 27.3. The van der Waals surface area contributed by atoms with Gasteiger partial charge < -0.3 is 21.5 Å². The van der Waals surface area contributed by atoms with Gasteiger partial charge >= 0.3 is 5.97 Å². The van der Waals surface area contributed by atoms with Gasteiger partial charge in [0.05, 0.1) is 12.2 Å². The third kappa shape index (κ3) is 8.44. The van der Waals surface area contributed by atoms with E-state index in [4.69, 9.17) is 10.8 Å². The van der Waals surface area contributed by atoms with Crippen molar-refractivity contribution in [2.24, 2.45) is 5.73 Å². The zero-order valence-corrected chi connectivity index (χ0v) is 22.0. The van der Waals surface area contributed by atoms with Gasteiger partial charge in [-0.1, -0.05) is 26.0 Å². The maximum atomic E-state index is 15.3. The lowest BCUT2D eigenvalue weighted by Gasteiger charge is -2.33. The van der Waals surface area contributed by atoms with Gasteiger partial charge in [-0.2, -0.15) is 0 Å². The Kier molecular flexibility index (Phi) is 11.3. The Bertz CT molecular complexity index is 1150. The highest BCUT2D eigenvalue weighted by Gasteiger charge is 2.20. The molecule has 11 heteroatoms. The molecule has 0 unspecified atom stereocenters. The predicted molar refractivity (Wildman–Crippen MR) is 148 cm³/mol. The van der Waals surface area contributed by atoms with Gasteiger partial charge in [-0.25, -0.2) is 19.3 Å². The van der Waals surface area contributed by atoms with E-state index >= 15 is 4.39 Å². The van der Waals surface area contributed by atoms with E-state index in [2.05, 4.69) is 30.5 Å². The molecule has 4 rings (SSSR count). The summed E-state index contributed by atoms with van der Waals surface area (Å²) in [6.45, 7) is 8.49. The third-order valence-corrected chi connectivity index (χ3v) is 5.97. The number of aromatic nitrogens is 3. The molecule has 0 aliphatic carbocycles. The summed E-state index contributed by atoms with van der Waals surface area (Å²) in [5.41, 5.74) is 8.10. The van der Waals surface area contributed by atoms with Gasteiger partial charge in [0.25, 0.3) is 0 Å². The van der Waals surface area contributed by atoms with E-state index in [1.54, 1.807) is 30.7 Å². The molecule has 1 saturated heterocycles. The maximum absolute atomic E-state index is 15.3. The Morgan fingerprint density at radius 1 is 1.05 bits per heavy atom. The Morgan fingerprint density at radius 2 is 1.76 bits per heavy atom. The van der Waals surface area contributed by atoms with Crippen LogP contribution in [0.2, 0.25) is 0 Å². The van der Waals surface area contributed by atoms with Gasteiger partial charge in [0.1, 0.15) is 5.82 Å². The molecular formula is C27H37FN8O2. The molecule has 0 radical (unpaired) electrons. The first-order valence-electron chi connectivity index (χ1n) is 12.9. The highest BCUT2D eigenvalue weighted by Crippen LogP contribution is 2.26. The highest BCUT2D eigenvalue weighted by atomic mass is 19.1. The minimum absolute atomic E-state index is 0.0373. The number of benzene rings is 1. The standard InChI is InChI=1S/C25H31FN8O2.C2H6/c26-24-19(16-33-9-11-34(12-10-33)17-23(35)36)3-1-4-21(24)32-22-13-18(5-8-28-22)20-14-30-25(31-15-20)29-7-2-6-27;1-2/h1,3-5,8,13-15H,2,6-7,9-12,16-17,27H2,(H,28,32)(H,35,36)(H,29,30,31);1-2H3. The molecule has 0 amide bonds. The van der Waals surface area contributed by atoms with Gasteiger partial charge in [-0.3, -0.25) is 14.6 Å². The summed E-state index contributed by atoms with van der Waals surface area (Å²) in [5.74, 6) is -0.0995. The summed E-state index contributed by atoms with van der Waals surface area (Å²) < 4.78 is 15.3. The number of pyridine rings is 1. The molecule has 10 nitrogen and oxygen atoms in total. The van der Waals surface area contributed by atoms with Crippen LogP contribution in [0.15, 0.2) is 48.9 Å². The molecule has 0 atom stereocenters. The van der Waals surface area contributed by atoms with Crippen molar-refractivity contribution in [3.8, 4) is 11.1 Å². The Hall–Kier alpha value is -3.67. The molecular weight excluding hydrogens is 487 g/mol. The van der Waals surface area contributed by atoms with Crippen molar-refractivity contribution in [3.05, 3.63) is 60.3 Å². The number of rotatable bonds is 11. The van der Waals surface area contributed by atoms with E-state index in [0.717, 1.165) is 17.5 Å². The number of halogens is 1. The first-order valence-corrected chi connectivity index (χ1v) is 12.9. The fourth-order valence-electron chi connectivity index (χ4n) is 4.02. The monoisotopic (exact) mass is 524 g/mol. The van der Waals surface area contributed by atoms with E-state index in [0.29, 0.717) is 68.8 Å². The molecule has 3 heterocycles. The molecule has 5 N–H and O–H groups in total. The number of aliphatic carboxylic acids is 1. The van der Waals surface area contributed by atoms with Crippen molar-refractivity contribution in [2.45, 2.75) is 26.8 Å². The van der Waals surface area contributed by atoms with Crippen LogP contribution < -0.4 is 16.4 Å². The first-order chi connectivity index (χ1) is 18.5. The van der Waals surface area contributed by atoms with Crippen molar-refractivity contribution >= 4 is 23.4 Å². The molecule has 0 saturated carbocycles. The SMILES string of the molecule is CC.NCCCNc1ncc(-c2ccnc(Nc3cccc(CN4CCN(CC(=O)O)CC4)c3F)c2)cn1. The van der Waals surface area contributed by atoms with Gasteiger partial charge in [0.2, 0.25) is 5.95 Å². The van der Waals surface area contributed by atoms with Crippen LogP contribution in [0.5, 0.6) is 0 Å². The lowest BCUT2D eigenvalue weighted by atomic mass is 10.1. The number of hydrogen-bond acceptors (Lipinski definition) is 9. The normalized spacial score (nSPS) is 13.9. The molecule has 2 aromatic heterocycles. The summed E-state index contributed by atoms with van der Waals surface area (Å²) >= 11 is 0. The van der Waals surface area contributed by atoms with Crippen LogP contribution in [0.4, 0.5) is 21.8 Å². The smallest absolute Gasteiger partial charge is 0.317 e. The van der Waals surface area contributed by atoms with Crippen molar-refractivity contribution in [2.75, 3.05) is 56.4 Å². The molecule has 1 aliphatic heterocycles. The fourth-order valence-corrected chi connectivity index (χ4v) is 4.02. The highest BCUT2D eigenvalue weighted by molar-refractivity contribution is 5.69. The predicted octanol–water partition coefficient (Wildman–Crippen LogP) is 3.41. The number of carboxylic acids is 1. The van der Waals surface area contributed by atoms with Crippen molar-refractivity contribution < 1.29 is 14.3 Å². The van der Waals surface area contributed by atoms with E-state index in [-0.39, 0.29) is 12.4 Å². The largest absolute Gasteiger partial charge is 0.480 e. The minimum Gasteiger partial charge on any atom is -0.480 e. The molecule has 3 aromatic rings. The molecule has 1 fully saturated rings. The topological polar surface area (TPSA) is 133 Å². The Labute approximate surface area is 223 Å². The molecule has 1 aromatic carbocycles. The van der Waals surface area contributed by atoms with Gasteiger partial charge in [-0.15, -0.1) is 0 Å². The summed E-state index contributed by atoms with van der Waals surface area (Å²) in [6.07, 6.45) is 5.96. The second-order valence-corrected chi connectivity index (χ2v) is 8.64. The number of nitrogens with zero attached hydrogens (tertiary/aromatic N) is 5. The van der Waals surface area contributed by atoms with Crippen LogP contribution in [0.3, 0.4) is 0 Å². The average Bonchev–Trinajstić information content (AvgIpc) is 2.93. The van der Waals surface area contributed by atoms with Gasteiger partial charge in [0.15, 0.2) is 5.82 Å². The second-order valence-electron chi connectivity index (χ2n) is 8.64. The van der Waals surface area contributed by atoms with Gasteiger partial charge in [-0.05, 0) is 36.7 Å². The fraction of sp³-hybridized carbons (Fsp3) is 0.407. The van der Waals surface area contributed by atoms with Crippen LogP contribution in [0.1, 0.15) is 25.8 Å². The quantitative estimate of drug-likeness (QED) is 0.277. The summed E-state index contributed by atoms with van der Waals surface area (Å²) in [6, 6.07) is 8.95. The van der Waals surface area contributed by atoms with E-state index < -0.39 is 5.97 Å². The van der Waals surface area contributed by atoms with E-state index in [1.807, 2.05) is 36.9 Å².